The standard InChI is InChI=1S/C37H44F2N4O4.C36H42F2N4O4.C35H40F2N4O4/c1-5-14-42(15-6-2)37(47)30-18-26(8-4)17-29(23-30)36(46)40-33(21-28-19-31(38)24-32(39)20-28)34(44)25-43(16-7-3)41-35(45)22-27-12-10-9-11-13-27;1-5-14-41(15-6-2)36(46)29-17-25(7-3)16-28(22-29)35(45)39-32(20-27-18-30(37)23-31(38)19-27)33(43)24-42(8-4)40-34(44)21-26-12-10-9-11-13-26;1-5-13-41(14-6-2)35(45)28-16-24(7-3)15-27(21-28)34(44)38-31(19-26-17-29(36)22-30(37)18-26)32(42)23-40(4)39-33(43)20-25-11-9-8-10-12-25/h4,9-13,17-20,23-24,33-34,44H,5-7,14-16,21-22,25H2,1-3H3,(H,40,46)(H,41,45);3,9-13,16-19,22-23,32-33,43H,5-6,8,14-15,20-21,24H2,1-2,4H3,(H,39,45)(H,40,44);3,8-12,15-18,21-22,31-32,42H,5-6,13-14,19-20,23H2,1-2,4H3,(H,38,44)(H,39,43). The maximum absolute atomic E-state index is 14.1. The number of aliphatic hydroxyl groups is 3. The van der Waals surface area contributed by atoms with E-state index >= 15 is 0 Å². The number of nitrogens with one attached hydrogen (secondary N) is 6. The average molecular weight is 1900 g/mol. The van der Waals surface area contributed by atoms with Gasteiger partial charge in [0.05, 0.1) is 55.7 Å². The van der Waals surface area contributed by atoms with Gasteiger partial charge in [0.15, 0.2) is 0 Å². The van der Waals surface area contributed by atoms with E-state index in [1.807, 2.05) is 139 Å². The Labute approximate surface area is 805 Å². The number of rotatable bonds is 48. The number of hydrazine groups is 3. The highest BCUT2D eigenvalue weighted by atomic mass is 19.2. The lowest BCUT2D eigenvalue weighted by Gasteiger charge is -2.30. The molecule has 0 heterocycles. The van der Waals surface area contributed by atoms with Gasteiger partial charge < -0.3 is 46.0 Å². The van der Waals surface area contributed by atoms with Crippen molar-refractivity contribution in [3.05, 3.63) is 319 Å². The molecule has 6 unspecified atom stereocenters. The Morgan fingerprint density at radius 3 is 0.819 bits per heavy atom. The van der Waals surface area contributed by atoms with Crippen molar-refractivity contribution in [2.45, 2.75) is 175 Å². The van der Waals surface area contributed by atoms with Crippen LogP contribution in [0.5, 0.6) is 0 Å². The van der Waals surface area contributed by atoms with Crippen molar-refractivity contribution >= 4 is 53.2 Å². The second-order valence-corrected chi connectivity index (χ2v) is 33.6. The fraction of sp³-hybridized carbons (Fsp3) is 0.361. The predicted octanol–water partition coefficient (Wildman–Crippen LogP) is 13.5. The first-order valence-electron chi connectivity index (χ1n) is 46.4. The Kier molecular flexibility index (Phi) is 46.7. The van der Waals surface area contributed by atoms with Crippen molar-refractivity contribution in [3.8, 4) is 37.0 Å². The molecule has 0 aliphatic heterocycles. The molecule has 30 heteroatoms. The third-order valence-corrected chi connectivity index (χ3v) is 21.8. The van der Waals surface area contributed by atoms with Gasteiger partial charge in [-0.3, -0.25) is 59.4 Å². The molecule has 9 amide bonds. The number of carbonyl (C=O) groups is 9. The van der Waals surface area contributed by atoms with Crippen molar-refractivity contribution in [3.63, 3.8) is 0 Å². The molecule has 732 valence electrons. The summed E-state index contributed by atoms with van der Waals surface area (Å²) < 4.78 is 84.4. The number of nitrogens with zero attached hydrogens (tertiary/aromatic N) is 6. The number of hydrogen-bond acceptors (Lipinski definition) is 15. The van der Waals surface area contributed by atoms with Crippen LogP contribution in [0.3, 0.4) is 0 Å². The van der Waals surface area contributed by atoms with Gasteiger partial charge in [0, 0.05) is 147 Å². The van der Waals surface area contributed by atoms with Crippen LogP contribution in [0, 0.1) is 71.9 Å². The summed E-state index contributed by atoms with van der Waals surface area (Å²) in [6, 6.07) is 46.7. The third kappa shape index (κ3) is 37.4. The molecule has 0 aromatic heterocycles. The Hall–Kier alpha value is -13.8. The lowest BCUT2D eigenvalue weighted by Crippen LogP contribution is -2.53. The number of benzene rings is 9. The smallest absolute Gasteiger partial charge is 0.253 e. The highest BCUT2D eigenvalue weighted by Crippen LogP contribution is 2.23. The molecule has 9 aromatic carbocycles. The summed E-state index contributed by atoms with van der Waals surface area (Å²) in [7, 11) is 1.56. The highest BCUT2D eigenvalue weighted by molar-refractivity contribution is 6.03. The molecule has 9 N–H and O–H groups in total. The van der Waals surface area contributed by atoms with Crippen LogP contribution in [-0.2, 0) is 52.9 Å². The molecular formula is C108H126F6N12O12. The van der Waals surface area contributed by atoms with Crippen LogP contribution < -0.4 is 32.2 Å². The minimum Gasteiger partial charge on any atom is -0.390 e. The number of aliphatic hydroxyl groups excluding tert-OH is 3. The van der Waals surface area contributed by atoms with Crippen LogP contribution in [0.4, 0.5) is 26.3 Å². The highest BCUT2D eigenvalue weighted by Gasteiger charge is 2.32. The van der Waals surface area contributed by atoms with Crippen LogP contribution in [0.25, 0.3) is 0 Å². The molecule has 6 atom stereocenters. The molecule has 0 saturated carbocycles. The van der Waals surface area contributed by atoms with E-state index in [1.165, 1.54) is 46.4 Å². The van der Waals surface area contributed by atoms with Gasteiger partial charge >= 0.3 is 0 Å². The van der Waals surface area contributed by atoms with E-state index in [-0.39, 0.29) is 144 Å². The molecule has 0 aliphatic rings. The predicted molar refractivity (Wildman–Crippen MR) is 521 cm³/mol. The average Bonchev–Trinajstić information content (AvgIpc) is 0.816. The first kappa shape index (κ1) is 111. The quantitative estimate of drug-likeness (QED) is 0.00973. The molecule has 9 aromatic rings. The van der Waals surface area contributed by atoms with Crippen molar-refractivity contribution in [1.82, 2.24) is 62.0 Å². The fourth-order valence-electron chi connectivity index (χ4n) is 15.5. The molecular weight excluding hydrogens is 1770 g/mol. The van der Waals surface area contributed by atoms with E-state index in [2.05, 4.69) is 50.0 Å². The van der Waals surface area contributed by atoms with Gasteiger partial charge in [-0.15, -0.1) is 19.3 Å². The summed E-state index contributed by atoms with van der Waals surface area (Å²) in [5.74, 6) is -0.918. The van der Waals surface area contributed by atoms with E-state index in [0.717, 1.165) is 110 Å². The molecule has 24 nitrogen and oxygen atoms in total. The molecule has 0 saturated heterocycles. The fourth-order valence-corrected chi connectivity index (χ4v) is 15.5. The monoisotopic (exact) mass is 1900 g/mol. The maximum Gasteiger partial charge on any atom is 0.253 e. The first-order chi connectivity index (χ1) is 66.1. The minimum absolute atomic E-state index is 0.0890. The molecule has 9 rings (SSSR count). The zero-order valence-corrected chi connectivity index (χ0v) is 79.7. The maximum atomic E-state index is 14.1. The molecule has 0 fully saturated rings. The Balaban J connectivity index is 0.000000282. The number of hydrogen-bond donors (Lipinski definition) is 9. The number of carbonyl (C=O) groups excluding carboxylic acids is 9. The van der Waals surface area contributed by atoms with Crippen molar-refractivity contribution in [2.75, 3.05) is 79.0 Å². The molecule has 138 heavy (non-hydrogen) atoms. The Bertz CT molecular complexity index is 5590. The van der Waals surface area contributed by atoms with Gasteiger partial charge in [0.25, 0.3) is 35.4 Å². The normalized spacial score (nSPS) is 12.2. The second-order valence-electron chi connectivity index (χ2n) is 33.6. The molecule has 0 radical (unpaired) electrons. The largest absolute Gasteiger partial charge is 0.390 e. The van der Waals surface area contributed by atoms with E-state index in [4.69, 9.17) is 19.3 Å². The van der Waals surface area contributed by atoms with E-state index in [9.17, 15) is 84.8 Å². The van der Waals surface area contributed by atoms with Gasteiger partial charge in [-0.05, 0) is 189 Å². The van der Waals surface area contributed by atoms with Gasteiger partial charge in [-0.2, -0.15) is 0 Å². The van der Waals surface area contributed by atoms with Crippen molar-refractivity contribution in [1.29, 1.82) is 0 Å². The van der Waals surface area contributed by atoms with Gasteiger partial charge in [0.1, 0.15) is 34.9 Å². The van der Waals surface area contributed by atoms with Crippen LogP contribution in [0.1, 0.15) is 213 Å². The summed E-state index contributed by atoms with van der Waals surface area (Å²) in [5.41, 5.74) is 13.4. The number of halogens is 6. The van der Waals surface area contributed by atoms with Gasteiger partial charge in [-0.1, -0.05) is 164 Å². The lowest BCUT2D eigenvalue weighted by molar-refractivity contribution is -0.126. The van der Waals surface area contributed by atoms with Crippen molar-refractivity contribution in [2.24, 2.45) is 0 Å². The van der Waals surface area contributed by atoms with Crippen LogP contribution >= 0.6 is 0 Å². The van der Waals surface area contributed by atoms with Crippen LogP contribution in [0.2, 0.25) is 0 Å². The summed E-state index contributed by atoms with van der Waals surface area (Å²) >= 11 is 0. The molecule has 0 spiro atoms. The topological polar surface area (TPSA) is 306 Å². The number of amides is 9. The van der Waals surface area contributed by atoms with Crippen LogP contribution in [0.15, 0.2) is 200 Å². The van der Waals surface area contributed by atoms with Gasteiger partial charge in [0.2, 0.25) is 17.7 Å². The van der Waals surface area contributed by atoms with Gasteiger partial charge in [-0.25, -0.2) is 41.4 Å². The first-order valence-corrected chi connectivity index (χ1v) is 46.4. The summed E-state index contributed by atoms with van der Waals surface area (Å²) in [6.45, 7) is 19.2. The lowest BCUT2D eigenvalue weighted by atomic mass is 9.99. The molecule has 0 aliphatic carbocycles. The number of terminal acetylenes is 3. The van der Waals surface area contributed by atoms with E-state index < -0.39 is 89.1 Å². The zero-order chi connectivity index (χ0) is 101. The Morgan fingerprint density at radius 2 is 0.558 bits per heavy atom. The third-order valence-electron chi connectivity index (χ3n) is 21.8. The molecule has 0 bridgehead atoms. The van der Waals surface area contributed by atoms with E-state index in [1.54, 1.807) is 51.9 Å². The van der Waals surface area contributed by atoms with Crippen LogP contribution in [-0.4, -0.2) is 214 Å². The summed E-state index contributed by atoms with van der Waals surface area (Å²) in [4.78, 5) is 124. The summed E-state index contributed by atoms with van der Waals surface area (Å²) in [5, 5.41) is 46.8. The van der Waals surface area contributed by atoms with E-state index in [0.29, 0.717) is 75.5 Å². The Morgan fingerprint density at radius 1 is 0.312 bits per heavy atom. The number of likely N-dealkylation sites (N-methyl/N-ethyl adjacent to an activating group) is 2. The summed E-state index contributed by atoms with van der Waals surface area (Å²) in [6.07, 6.45) is 18.3. The minimum atomic E-state index is -1.29. The van der Waals surface area contributed by atoms with Crippen molar-refractivity contribution < 1.29 is 84.8 Å². The zero-order valence-electron chi connectivity index (χ0n) is 79.7. The SMILES string of the molecule is C#Cc1cc(C(=O)NC(Cc2cc(F)cc(F)c2)C(O)CN(C)NC(=O)Cc2ccccc2)cc(C(=O)N(CCC)CCC)c1.C#Cc1cc(C(=O)NC(Cc2cc(F)cc(F)c2)C(O)CN(CC)NC(=O)Cc2ccccc2)cc(C(=O)N(CCC)CCC)c1.C#Cc1cc(C(=O)NC(Cc2cc(F)cc(F)c2)C(O)CN(CCC)NC(=O)Cc2ccccc2)cc(C(=O)N(CCC)CCC)c1. The second kappa shape index (κ2) is 58.0.